The number of β-amino-alcohol motifs (C(OH)–C–C–N with tert-alkyl or cyclic N) is 2. The third-order valence-electron chi connectivity index (χ3n) is 3.08. The molecule has 0 aromatic heterocycles. The van der Waals surface area contributed by atoms with Crippen molar-refractivity contribution in [2.24, 2.45) is 5.92 Å². The molecule has 12 heavy (non-hydrogen) atoms. The van der Waals surface area contributed by atoms with Crippen molar-refractivity contribution in [1.29, 1.82) is 0 Å². The van der Waals surface area contributed by atoms with Crippen molar-refractivity contribution in [3.05, 3.63) is 0 Å². The van der Waals surface area contributed by atoms with Gasteiger partial charge in [-0.1, -0.05) is 6.42 Å². The first-order valence-electron chi connectivity index (χ1n) is 4.84. The SMILES string of the molecule is OC1CN(CC2CCC2)CC1O. The van der Waals surface area contributed by atoms with E-state index in [0.717, 1.165) is 12.5 Å². The maximum absolute atomic E-state index is 9.28. The van der Waals surface area contributed by atoms with Gasteiger partial charge in [-0.3, -0.25) is 4.90 Å². The fraction of sp³-hybridized carbons (Fsp3) is 1.00. The molecular formula is C9H17NO2. The molecule has 2 atom stereocenters. The predicted molar refractivity (Wildman–Crippen MR) is 45.8 cm³/mol. The zero-order valence-corrected chi connectivity index (χ0v) is 7.32. The van der Waals surface area contributed by atoms with Gasteiger partial charge in [0, 0.05) is 19.6 Å². The standard InChI is InChI=1S/C9H17NO2/c11-8-5-10(6-9(8)12)4-7-2-1-3-7/h7-9,11-12H,1-6H2. The molecular weight excluding hydrogens is 154 g/mol. The first kappa shape index (κ1) is 8.48. The van der Waals surface area contributed by atoms with Crippen LogP contribution in [0.1, 0.15) is 19.3 Å². The number of rotatable bonds is 2. The van der Waals surface area contributed by atoms with E-state index in [-0.39, 0.29) is 0 Å². The van der Waals surface area contributed by atoms with Crippen LogP contribution >= 0.6 is 0 Å². The van der Waals surface area contributed by atoms with Gasteiger partial charge in [-0.05, 0) is 18.8 Å². The lowest BCUT2D eigenvalue weighted by Gasteiger charge is -2.29. The molecule has 3 heteroatoms. The molecule has 2 rings (SSSR count). The number of hydrogen-bond donors (Lipinski definition) is 2. The highest BCUT2D eigenvalue weighted by Gasteiger charge is 2.31. The molecule has 0 aromatic rings. The second-order valence-electron chi connectivity index (χ2n) is 4.15. The first-order valence-corrected chi connectivity index (χ1v) is 4.84. The zero-order valence-electron chi connectivity index (χ0n) is 7.32. The molecule has 3 nitrogen and oxygen atoms in total. The molecule has 2 fully saturated rings. The number of aliphatic hydroxyl groups excluding tert-OH is 2. The van der Waals surface area contributed by atoms with Crippen LogP contribution in [0.25, 0.3) is 0 Å². The Labute approximate surface area is 73.0 Å². The summed E-state index contributed by atoms with van der Waals surface area (Å²) in [5, 5.41) is 18.6. The smallest absolute Gasteiger partial charge is 0.0938 e. The lowest BCUT2D eigenvalue weighted by molar-refractivity contribution is 0.0572. The van der Waals surface area contributed by atoms with E-state index in [2.05, 4.69) is 4.90 Å². The molecule has 1 aliphatic carbocycles. The van der Waals surface area contributed by atoms with Crippen LogP contribution in [-0.2, 0) is 0 Å². The second kappa shape index (κ2) is 3.32. The van der Waals surface area contributed by atoms with Crippen molar-refractivity contribution in [1.82, 2.24) is 4.90 Å². The van der Waals surface area contributed by atoms with E-state index in [1.165, 1.54) is 19.3 Å². The summed E-state index contributed by atoms with van der Waals surface area (Å²) in [4.78, 5) is 2.18. The normalized spacial score (nSPS) is 38.5. The van der Waals surface area contributed by atoms with Crippen LogP contribution in [0.3, 0.4) is 0 Å². The Balaban J connectivity index is 1.75. The van der Waals surface area contributed by atoms with Gasteiger partial charge in [-0.25, -0.2) is 0 Å². The Morgan fingerprint density at radius 3 is 2.08 bits per heavy atom. The lowest BCUT2D eigenvalue weighted by atomic mass is 9.85. The van der Waals surface area contributed by atoms with Crippen LogP contribution in [0, 0.1) is 5.92 Å². The van der Waals surface area contributed by atoms with Gasteiger partial charge in [-0.2, -0.15) is 0 Å². The number of likely N-dealkylation sites (tertiary alicyclic amines) is 1. The molecule has 0 spiro atoms. The molecule has 0 bridgehead atoms. The van der Waals surface area contributed by atoms with Gasteiger partial charge in [0.25, 0.3) is 0 Å². The molecule has 70 valence electrons. The number of aliphatic hydroxyl groups is 2. The van der Waals surface area contributed by atoms with Crippen molar-refractivity contribution in [2.75, 3.05) is 19.6 Å². The third kappa shape index (κ3) is 1.63. The summed E-state index contributed by atoms with van der Waals surface area (Å²) in [6.07, 6.45) is 3.02. The minimum absolute atomic E-state index is 0.509. The van der Waals surface area contributed by atoms with Crippen molar-refractivity contribution in [3.8, 4) is 0 Å². The van der Waals surface area contributed by atoms with E-state index in [4.69, 9.17) is 0 Å². The van der Waals surface area contributed by atoms with Crippen LogP contribution in [0.2, 0.25) is 0 Å². The van der Waals surface area contributed by atoms with Crippen LogP contribution in [0.5, 0.6) is 0 Å². The highest BCUT2D eigenvalue weighted by Crippen LogP contribution is 2.28. The topological polar surface area (TPSA) is 43.7 Å². The van der Waals surface area contributed by atoms with Crippen LogP contribution in [0.4, 0.5) is 0 Å². The summed E-state index contributed by atoms with van der Waals surface area (Å²) in [5.74, 6) is 0.836. The summed E-state index contributed by atoms with van der Waals surface area (Å²) in [7, 11) is 0. The van der Waals surface area contributed by atoms with E-state index >= 15 is 0 Å². The van der Waals surface area contributed by atoms with Gasteiger partial charge in [0.2, 0.25) is 0 Å². The highest BCUT2D eigenvalue weighted by atomic mass is 16.3. The van der Waals surface area contributed by atoms with E-state index < -0.39 is 12.2 Å². The second-order valence-corrected chi connectivity index (χ2v) is 4.15. The van der Waals surface area contributed by atoms with E-state index in [9.17, 15) is 10.2 Å². The first-order chi connectivity index (χ1) is 5.75. The molecule has 2 aliphatic rings. The molecule has 0 radical (unpaired) electrons. The third-order valence-corrected chi connectivity index (χ3v) is 3.08. The maximum atomic E-state index is 9.28. The van der Waals surface area contributed by atoms with Crippen molar-refractivity contribution in [2.45, 2.75) is 31.5 Å². The Bertz CT molecular complexity index is 149. The molecule has 1 saturated heterocycles. The molecule has 2 N–H and O–H groups in total. The Morgan fingerprint density at radius 2 is 1.67 bits per heavy atom. The summed E-state index contributed by atoms with van der Waals surface area (Å²) in [6.45, 7) is 2.41. The predicted octanol–water partition coefficient (Wildman–Crippen LogP) is -0.176. The van der Waals surface area contributed by atoms with E-state index in [0.29, 0.717) is 13.1 Å². The molecule has 0 amide bonds. The maximum Gasteiger partial charge on any atom is 0.0938 e. The Morgan fingerprint density at radius 1 is 1.08 bits per heavy atom. The summed E-state index contributed by atoms with van der Waals surface area (Å²) < 4.78 is 0. The molecule has 0 aromatic carbocycles. The Hall–Kier alpha value is -0.120. The van der Waals surface area contributed by atoms with Gasteiger partial charge in [-0.15, -0.1) is 0 Å². The minimum Gasteiger partial charge on any atom is -0.389 e. The van der Waals surface area contributed by atoms with Crippen molar-refractivity contribution >= 4 is 0 Å². The van der Waals surface area contributed by atoms with Crippen molar-refractivity contribution < 1.29 is 10.2 Å². The fourth-order valence-electron chi connectivity index (χ4n) is 2.04. The number of hydrogen-bond acceptors (Lipinski definition) is 3. The quantitative estimate of drug-likeness (QED) is 0.606. The summed E-state index contributed by atoms with van der Waals surface area (Å²) >= 11 is 0. The average Bonchev–Trinajstić information content (AvgIpc) is 2.24. The van der Waals surface area contributed by atoms with Gasteiger partial charge in [0.1, 0.15) is 0 Å². The largest absolute Gasteiger partial charge is 0.389 e. The van der Waals surface area contributed by atoms with Crippen LogP contribution in [-0.4, -0.2) is 47.0 Å². The summed E-state index contributed by atoms with van der Waals surface area (Å²) in [5.41, 5.74) is 0. The monoisotopic (exact) mass is 171 g/mol. The molecule has 1 heterocycles. The van der Waals surface area contributed by atoms with Gasteiger partial charge >= 0.3 is 0 Å². The Kier molecular flexibility index (Phi) is 2.35. The van der Waals surface area contributed by atoms with Crippen LogP contribution < -0.4 is 0 Å². The van der Waals surface area contributed by atoms with E-state index in [1.54, 1.807) is 0 Å². The lowest BCUT2D eigenvalue weighted by Crippen LogP contribution is -2.31. The fourth-order valence-corrected chi connectivity index (χ4v) is 2.04. The number of nitrogens with zero attached hydrogens (tertiary/aromatic N) is 1. The van der Waals surface area contributed by atoms with Gasteiger partial charge in [0.15, 0.2) is 0 Å². The van der Waals surface area contributed by atoms with Crippen molar-refractivity contribution in [3.63, 3.8) is 0 Å². The highest BCUT2D eigenvalue weighted by molar-refractivity contribution is 4.85. The molecule has 1 aliphatic heterocycles. The van der Waals surface area contributed by atoms with Gasteiger partial charge in [0.05, 0.1) is 12.2 Å². The van der Waals surface area contributed by atoms with E-state index in [1.807, 2.05) is 0 Å². The summed E-state index contributed by atoms with van der Waals surface area (Å²) in [6, 6.07) is 0. The average molecular weight is 171 g/mol. The molecule has 2 unspecified atom stereocenters. The van der Waals surface area contributed by atoms with Gasteiger partial charge < -0.3 is 10.2 Å². The minimum atomic E-state index is -0.509. The zero-order chi connectivity index (χ0) is 8.55. The van der Waals surface area contributed by atoms with Crippen LogP contribution in [0.15, 0.2) is 0 Å². The molecule has 1 saturated carbocycles.